The van der Waals surface area contributed by atoms with Crippen LogP contribution in [0.5, 0.6) is 0 Å². The van der Waals surface area contributed by atoms with Crippen molar-refractivity contribution in [3.63, 3.8) is 0 Å². The predicted molar refractivity (Wildman–Crippen MR) is 103 cm³/mol. The zero-order chi connectivity index (χ0) is 14.4. The van der Waals surface area contributed by atoms with Crippen LogP contribution in [-0.4, -0.2) is 46.8 Å². The first-order chi connectivity index (χ1) is 9.68. The SMILES string of the molecule is CCNC(=NCC1(O)CCC1SCC)NC1CC=CC1.I. The molecule has 21 heavy (non-hydrogen) atoms. The zero-order valence-corrected chi connectivity index (χ0v) is 16.1. The monoisotopic (exact) mass is 425 g/mol. The second-order valence-corrected chi connectivity index (χ2v) is 7.05. The molecule has 0 radical (unpaired) electrons. The van der Waals surface area contributed by atoms with E-state index in [0.717, 1.165) is 43.9 Å². The van der Waals surface area contributed by atoms with E-state index in [1.165, 1.54) is 0 Å². The minimum absolute atomic E-state index is 0. The van der Waals surface area contributed by atoms with Crippen LogP contribution < -0.4 is 10.6 Å². The number of halogens is 1. The van der Waals surface area contributed by atoms with Crippen LogP contribution in [0.1, 0.15) is 39.5 Å². The number of nitrogens with one attached hydrogen (secondary N) is 2. The molecule has 0 aromatic rings. The van der Waals surface area contributed by atoms with E-state index in [0.29, 0.717) is 17.8 Å². The van der Waals surface area contributed by atoms with Crippen molar-refractivity contribution in [2.24, 2.45) is 4.99 Å². The summed E-state index contributed by atoms with van der Waals surface area (Å²) < 4.78 is 0. The highest BCUT2D eigenvalue weighted by Gasteiger charge is 2.45. The summed E-state index contributed by atoms with van der Waals surface area (Å²) in [5.41, 5.74) is -0.600. The van der Waals surface area contributed by atoms with Crippen LogP contribution in [0.15, 0.2) is 17.1 Å². The quantitative estimate of drug-likeness (QED) is 0.265. The first-order valence-electron chi connectivity index (χ1n) is 7.71. The lowest BCUT2D eigenvalue weighted by molar-refractivity contribution is -0.0154. The lowest BCUT2D eigenvalue weighted by atomic mass is 9.79. The first-order valence-corrected chi connectivity index (χ1v) is 8.76. The first kappa shape index (κ1) is 19.1. The molecule has 0 bridgehead atoms. The number of hydrogen-bond acceptors (Lipinski definition) is 3. The summed E-state index contributed by atoms with van der Waals surface area (Å²) >= 11 is 1.85. The molecule has 0 amide bonds. The maximum atomic E-state index is 10.6. The van der Waals surface area contributed by atoms with E-state index in [-0.39, 0.29) is 24.0 Å². The van der Waals surface area contributed by atoms with Gasteiger partial charge in [0.2, 0.25) is 0 Å². The van der Waals surface area contributed by atoms with E-state index >= 15 is 0 Å². The highest BCUT2D eigenvalue weighted by atomic mass is 127. The smallest absolute Gasteiger partial charge is 0.191 e. The molecule has 0 heterocycles. The van der Waals surface area contributed by atoms with Crippen molar-refractivity contribution in [2.45, 2.75) is 56.4 Å². The van der Waals surface area contributed by atoms with Gasteiger partial charge in [-0.1, -0.05) is 19.1 Å². The van der Waals surface area contributed by atoms with Gasteiger partial charge in [0.1, 0.15) is 0 Å². The minimum Gasteiger partial charge on any atom is -0.387 e. The Morgan fingerprint density at radius 1 is 1.38 bits per heavy atom. The number of hydrogen-bond donors (Lipinski definition) is 3. The third-order valence-electron chi connectivity index (χ3n) is 4.01. The fourth-order valence-electron chi connectivity index (χ4n) is 2.68. The number of thioether (sulfide) groups is 1. The van der Waals surface area contributed by atoms with Crippen molar-refractivity contribution in [3.8, 4) is 0 Å². The number of nitrogens with zero attached hydrogens (tertiary/aromatic N) is 1. The van der Waals surface area contributed by atoms with E-state index in [2.05, 4.69) is 41.6 Å². The van der Waals surface area contributed by atoms with Gasteiger partial charge in [0, 0.05) is 17.8 Å². The van der Waals surface area contributed by atoms with E-state index in [1.54, 1.807) is 0 Å². The molecule has 0 saturated heterocycles. The van der Waals surface area contributed by atoms with Crippen molar-refractivity contribution >= 4 is 41.7 Å². The van der Waals surface area contributed by atoms with Gasteiger partial charge in [0.25, 0.3) is 0 Å². The molecule has 1 fully saturated rings. The Balaban J connectivity index is 0.00000220. The van der Waals surface area contributed by atoms with Crippen LogP contribution in [0.25, 0.3) is 0 Å². The summed E-state index contributed by atoms with van der Waals surface area (Å²) in [5, 5.41) is 17.7. The fraction of sp³-hybridized carbons (Fsp3) is 0.800. The molecule has 2 aliphatic rings. The van der Waals surface area contributed by atoms with Crippen LogP contribution in [0.4, 0.5) is 0 Å². The summed E-state index contributed by atoms with van der Waals surface area (Å²) in [7, 11) is 0. The molecule has 122 valence electrons. The van der Waals surface area contributed by atoms with E-state index in [1.807, 2.05) is 11.8 Å². The average Bonchev–Trinajstić information content (AvgIpc) is 2.94. The van der Waals surface area contributed by atoms with Crippen molar-refractivity contribution in [3.05, 3.63) is 12.2 Å². The van der Waals surface area contributed by atoms with Gasteiger partial charge in [0.15, 0.2) is 5.96 Å². The van der Waals surface area contributed by atoms with Crippen LogP contribution in [-0.2, 0) is 0 Å². The highest BCUT2D eigenvalue weighted by Crippen LogP contribution is 2.41. The van der Waals surface area contributed by atoms with Gasteiger partial charge in [-0.25, -0.2) is 0 Å². The maximum absolute atomic E-state index is 10.6. The molecule has 2 unspecified atom stereocenters. The van der Waals surface area contributed by atoms with Gasteiger partial charge in [0.05, 0.1) is 12.1 Å². The Bertz CT molecular complexity index is 370. The van der Waals surface area contributed by atoms with Crippen LogP contribution in [0.2, 0.25) is 0 Å². The Kier molecular flexibility index (Phi) is 8.41. The third kappa shape index (κ3) is 5.32. The number of rotatable bonds is 6. The molecular weight excluding hydrogens is 397 g/mol. The number of guanidine groups is 1. The Morgan fingerprint density at radius 3 is 2.62 bits per heavy atom. The van der Waals surface area contributed by atoms with Crippen molar-refractivity contribution in [1.82, 2.24) is 10.6 Å². The van der Waals surface area contributed by atoms with Crippen LogP contribution >= 0.6 is 35.7 Å². The minimum atomic E-state index is -0.600. The second-order valence-electron chi connectivity index (χ2n) is 5.57. The molecule has 0 aromatic carbocycles. The molecule has 4 nitrogen and oxygen atoms in total. The Morgan fingerprint density at radius 2 is 2.10 bits per heavy atom. The highest BCUT2D eigenvalue weighted by molar-refractivity contribution is 14.0. The number of aliphatic imine (C=N–C) groups is 1. The topological polar surface area (TPSA) is 56.7 Å². The summed E-state index contributed by atoms with van der Waals surface area (Å²) in [6.45, 7) is 5.56. The van der Waals surface area contributed by atoms with Gasteiger partial charge < -0.3 is 15.7 Å². The molecule has 2 aliphatic carbocycles. The molecule has 3 N–H and O–H groups in total. The lowest BCUT2D eigenvalue weighted by Gasteiger charge is -2.44. The number of aliphatic hydroxyl groups is 1. The van der Waals surface area contributed by atoms with Crippen molar-refractivity contribution < 1.29 is 5.11 Å². The fourth-order valence-corrected chi connectivity index (χ4v) is 3.87. The van der Waals surface area contributed by atoms with E-state index in [4.69, 9.17) is 0 Å². The molecule has 6 heteroatoms. The van der Waals surface area contributed by atoms with Crippen LogP contribution in [0, 0.1) is 0 Å². The van der Waals surface area contributed by atoms with E-state index < -0.39 is 5.60 Å². The van der Waals surface area contributed by atoms with Crippen molar-refractivity contribution in [2.75, 3.05) is 18.8 Å². The van der Waals surface area contributed by atoms with Gasteiger partial charge >= 0.3 is 0 Å². The van der Waals surface area contributed by atoms with Crippen LogP contribution in [0.3, 0.4) is 0 Å². The largest absolute Gasteiger partial charge is 0.387 e. The average molecular weight is 425 g/mol. The predicted octanol–water partition coefficient (Wildman–Crippen LogP) is 2.52. The Labute approximate surface area is 149 Å². The molecule has 0 aliphatic heterocycles. The van der Waals surface area contributed by atoms with Crippen molar-refractivity contribution in [1.29, 1.82) is 0 Å². The van der Waals surface area contributed by atoms with Gasteiger partial charge in [-0.15, -0.1) is 24.0 Å². The summed E-state index contributed by atoms with van der Waals surface area (Å²) in [5.74, 6) is 1.89. The third-order valence-corrected chi connectivity index (χ3v) is 5.42. The molecule has 1 saturated carbocycles. The van der Waals surface area contributed by atoms with E-state index in [9.17, 15) is 5.11 Å². The maximum Gasteiger partial charge on any atom is 0.191 e. The summed E-state index contributed by atoms with van der Waals surface area (Å²) in [6.07, 6.45) is 8.51. The second kappa shape index (κ2) is 9.25. The molecule has 0 spiro atoms. The standard InChI is InChI=1S/C15H27N3OS.HI/c1-3-16-14(18-12-7-5-6-8-12)17-11-15(19)10-9-13(15)20-4-2;/h5-6,12-13,19H,3-4,7-11H2,1-2H3,(H2,16,17,18);1H. The summed E-state index contributed by atoms with van der Waals surface area (Å²) in [6, 6.07) is 0.449. The Hall–Kier alpha value is 0.0500. The lowest BCUT2D eigenvalue weighted by Crippen LogP contribution is -2.53. The van der Waals surface area contributed by atoms with Gasteiger partial charge in [-0.3, -0.25) is 4.99 Å². The zero-order valence-electron chi connectivity index (χ0n) is 13.0. The molecule has 0 aromatic heterocycles. The molecular formula is C15H28IN3OS. The van der Waals surface area contributed by atoms with Gasteiger partial charge in [-0.05, 0) is 38.4 Å². The normalized spacial score (nSPS) is 28.9. The molecule has 2 atom stereocenters. The molecule has 2 rings (SSSR count). The van der Waals surface area contributed by atoms with Gasteiger partial charge in [-0.2, -0.15) is 11.8 Å². The summed E-state index contributed by atoms with van der Waals surface area (Å²) in [4.78, 5) is 4.61.